The molecule has 0 saturated carbocycles. The molecule has 2 rings (SSSR count). The molecule has 0 aromatic heterocycles. The average molecular weight is 321 g/mol. The summed E-state index contributed by atoms with van der Waals surface area (Å²) in [6, 6.07) is 8.73. The number of aliphatic hydroxyl groups excluding tert-OH is 1. The third-order valence-corrected chi connectivity index (χ3v) is 4.17. The molecule has 1 aliphatic heterocycles. The van der Waals surface area contributed by atoms with Gasteiger partial charge in [-0.2, -0.15) is 0 Å². The van der Waals surface area contributed by atoms with Crippen molar-refractivity contribution >= 4 is 12.1 Å². The Labute approximate surface area is 136 Å². The van der Waals surface area contributed by atoms with Crippen LogP contribution in [0.4, 0.5) is 4.79 Å². The highest BCUT2D eigenvalue weighted by Gasteiger charge is 2.34. The van der Waals surface area contributed by atoms with E-state index in [-0.39, 0.29) is 19.1 Å². The number of nitrogens with zero attached hydrogens (tertiary/aromatic N) is 1. The van der Waals surface area contributed by atoms with Gasteiger partial charge in [0.1, 0.15) is 12.6 Å². The van der Waals surface area contributed by atoms with Crippen LogP contribution in [0.25, 0.3) is 0 Å². The first-order valence-corrected chi connectivity index (χ1v) is 7.81. The van der Waals surface area contributed by atoms with Crippen LogP contribution in [0.15, 0.2) is 30.3 Å². The number of benzene rings is 1. The Morgan fingerprint density at radius 1 is 1.22 bits per heavy atom. The molecule has 23 heavy (non-hydrogen) atoms. The minimum atomic E-state index is -0.653. The summed E-state index contributed by atoms with van der Waals surface area (Å²) in [6.07, 6.45) is 1.27. The highest BCUT2D eigenvalue weighted by Crippen LogP contribution is 2.23. The molecule has 1 heterocycles. The first-order chi connectivity index (χ1) is 11.2. The molecule has 1 fully saturated rings. The molecule has 1 N–H and O–H groups in total. The van der Waals surface area contributed by atoms with Crippen LogP contribution < -0.4 is 0 Å². The van der Waals surface area contributed by atoms with E-state index in [4.69, 9.17) is 9.47 Å². The molecular weight excluding hydrogens is 298 g/mol. The molecule has 126 valence electrons. The van der Waals surface area contributed by atoms with Crippen molar-refractivity contribution in [1.29, 1.82) is 0 Å². The van der Waals surface area contributed by atoms with E-state index < -0.39 is 18.1 Å². The molecule has 0 aliphatic carbocycles. The van der Waals surface area contributed by atoms with Gasteiger partial charge in [-0.25, -0.2) is 9.59 Å². The van der Waals surface area contributed by atoms with Crippen LogP contribution in [-0.4, -0.2) is 48.4 Å². The van der Waals surface area contributed by atoms with Crippen LogP contribution >= 0.6 is 0 Å². The van der Waals surface area contributed by atoms with Crippen LogP contribution in [0.1, 0.15) is 24.8 Å². The summed E-state index contributed by atoms with van der Waals surface area (Å²) in [4.78, 5) is 25.8. The summed E-state index contributed by atoms with van der Waals surface area (Å²) >= 11 is 0. The molecule has 1 aromatic rings. The van der Waals surface area contributed by atoms with E-state index in [2.05, 4.69) is 0 Å². The van der Waals surface area contributed by atoms with Gasteiger partial charge in [0.2, 0.25) is 0 Å². The zero-order valence-electron chi connectivity index (χ0n) is 13.3. The SMILES string of the molecule is COC(=O)[C@@H]1CC[C@H](CO)CCN1C(=O)OCc1ccccc1. The number of hydrogen-bond donors (Lipinski definition) is 1. The van der Waals surface area contributed by atoms with Crippen molar-refractivity contribution in [2.45, 2.75) is 31.9 Å². The minimum absolute atomic E-state index is 0.0563. The molecule has 1 aromatic carbocycles. The summed E-state index contributed by atoms with van der Waals surface area (Å²) in [6.45, 7) is 0.590. The lowest BCUT2D eigenvalue weighted by molar-refractivity contribution is -0.146. The van der Waals surface area contributed by atoms with Gasteiger partial charge in [-0.1, -0.05) is 30.3 Å². The summed E-state index contributed by atoms with van der Waals surface area (Å²) in [5.41, 5.74) is 0.888. The molecule has 1 aliphatic rings. The second-order valence-corrected chi connectivity index (χ2v) is 5.69. The Bertz CT molecular complexity index is 519. The number of hydrogen-bond acceptors (Lipinski definition) is 5. The van der Waals surface area contributed by atoms with Crippen molar-refractivity contribution in [3.05, 3.63) is 35.9 Å². The number of methoxy groups -OCH3 is 1. The zero-order chi connectivity index (χ0) is 16.7. The van der Waals surface area contributed by atoms with Crippen LogP contribution in [0.3, 0.4) is 0 Å². The van der Waals surface area contributed by atoms with Crippen molar-refractivity contribution in [3.8, 4) is 0 Å². The third kappa shape index (κ3) is 4.69. The predicted molar refractivity (Wildman–Crippen MR) is 83.6 cm³/mol. The fraction of sp³-hybridized carbons (Fsp3) is 0.529. The van der Waals surface area contributed by atoms with Crippen LogP contribution in [0.5, 0.6) is 0 Å². The van der Waals surface area contributed by atoms with Crippen LogP contribution in [-0.2, 0) is 20.9 Å². The molecule has 0 unspecified atom stereocenters. The number of carbonyl (C=O) groups excluding carboxylic acids is 2. The standard InChI is InChI=1S/C17H23NO5/c1-22-16(20)15-8-7-13(11-19)9-10-18(15)17(21)23-12-14-5-3-2-4-6-14/h2-6,13,15,19H,7-12H2,1H3/t13-,15-/m0/s1. The van der Waals surface area contributed by atoms with E-state index in [9.17, 15) is 14.7 Å². The molecule has 0 spiro atoms. The van der Waals surface area contributed by atoms with Gasteiger partial charge < -0.3 is 14.6 Å². The van der Waals surface area contributed by atoms with Crippen LogP contribution in [0.2, 0.25) is 0 Å². The zero-order valence-corrected chi connectivity index (χ0v) is 13.3. The Morgan fingerprint density at radius 2 is 1.96 bits per heavy atom. The summed E-state index contributed by atoms with van der Waals surface area (Å²) in [5, 5.41) is 9.32. The topological polar surface area (TPSA) is 76.1 Å². The van der Waals surface area contributed by atoms with Gasteiger partial charge in [-0.15, -0.1) is 0 Å². The van der Waals surface area contributed by atoms with Gasteiger partial charge in [0, 0.05) is 13.2 Å². The Kier molecular flexibility index (Phi) is 6.40. The maximum atomic E-state index is 12.4. The molecular formula is C17H23NO5. The van der Waals surface area contributed by atoms with Gasteiger partial charge in [-0.05, 0) is 30.7 Å². The average Bonchev–Trinajstić information content (AvgIpc) is 2.82. The quantitative estimate of drug-likeness (QED) is 0.858. The van der Waals surface area contributed by atoms with Gasteiger partial charge in [-0.3, -0.25) is 4.90 Å². The summed E-state index contributed by atoms with van der Waals surface area (Å²) < 4.78 is 10.1. The highest BCUT2D eigenvalue weighted by atomic mass is 16.6. The largest absolute Gasteiger partial charge is 0.467 e. The Balaban J connectivity index is 2.02. The fourth-order valence-electron chi connectivity index (χ4n) is 2.76. The van der Waals surface area contributed by atoms with Crippen LogP contribution in [0, 0.1) is 5.92 Å². The minimum Gasteiger partial charge on any atom is -0.467 e. The van der Waals surface area contributed by atoms with Crippen molar-refractivity contribution in [3.63, 3.8) is 0 Å². The lowest BCUT2D eigenvalue weighted by Crippen LogP contribution is -2.45. The van der Waals surface area contributed by atoms with E-state index in [1.165, 1.54) is 12.0 Å². The number of esters is 1. The van der Waals surface area contributed by atoms with E-state index in [0.717, 1.165) is 5.56 Å². The van der Waals surface area contributed by atoms with Crippen molar-refractivity contribution in [1.82, 2.24) is 4.90 Å². The molecule has 0 bridgehead atoms. The Hall–Kier alpha value is -2.08. The maximum absolute atomic E-state index is 12.4. The second kappa shape index (κ2) is 8.53. The smallest absolute Gasteiger partial charge is 0.410 e. The van der Waals surface area contributed by atoms with Gasteiger partial charge >= 0.3 is 12.1 Å². The van der Waals surface area contributed by atoms with E-state index in [1.807, 2.05) is 30.3 Å². The normalized spacial score (nSPS) is 21.4. The molecule has 2 atom stereocenters. The number of amides is 1. The molecule has 6 nitrogen and oxygen atoms in total. The number of likely N-dealkylation sites (tertiary alicyclic amines) is 1. The number of aliphatic hydroxyl groups is 1. The predicted octanol–water partition coefficient (Wildman–Crippen LogP) is 1.96. The molecule has 1 saturated heterocycles. The van der Waals surface area contributed by atoms with E-state index >= 15 is 0 Å². The second-order valence-electron chi connectivity index (χ2n) is 5.69. The summed E-state index contributed by atoms with van der Waals surface area (Å²) in [5.74, 6) is -0.352. The first-order valence-electron chi connectivity index (χ1n) is 7.81. The molecule has 0 radical (unpaired) electrons. The van der Waals surface area contributed by atoms with Gasteiger partial charge in [0.05, 0.1) is 7.11 Å². The fourth-order valence-corrected chi connectivity index (χ4v) is 2.76. The number of ether oxygens (including phenoxy) is 2. The van der Waals surface area contributed by atoms with E-state index in [1.54, 1.807) is 0 Å². The number of rotatable bonds is 4. The lowest BCUT2D eigenvalue weighted by atomic mass is 10.0. The molecule has 1 amide bonds. The van der Waals surface area contributed by atoms with Crippen molar-refractivity contribution in [2.24, 2.45) is 5.92 Å². The Morgan fingerprint density at radius 3 is 2.61 bits per heavy atom. The number of carbonyl (C=O) groups is 2. The highest BCUT2D eigenvalue weighted by molar-refractivity contribution is 5.81. The van der Waals surface area contributed by atoms with Gasteiger partial charge in [0.25, 0.3) is 0 Å². The lowest BCUT2D eigenvalue weighted by Gasteiger charge is -2.27. The van der Waals surface area contributed by atoms with Crippen molar-refractivity contribution in [2.75, 3.05) is 20.3 Å². The summed E-state index contributed by atoms with van der Waals surface area (Å²) in [7, 11) is 1.31. The maximum Gasteiger partial charge on any atom is 0.410 e. The van der Waals surface area contributed by atoms with Crippen molar-refractivity contribution < 1.29 is 24.2 Å². The molecule has 6 heteroatoms. The monoisotopic (exact) mass is 321 g/mol. The van der Waals surface area contributed by atoms with E-state index in [0.29, 0.717) is 25.8 Å². The first kappa shape index (κ1) is 17.3. The third-order valence-electron chi connectivity index (χ3n) is 4.17. The van der Waals surface area contributed by atoms with Gasteiger partial charge in [0.15, 0.2) is 0 Å².